The first-order valence-electron chi connectivity index (χ1n) is 5.24. The van der Waals surface area contributed by atoms with Crippen LogP contribution >= 0.6 is 0 Å². The quantitative estimate of drug-likeness (QED) is 0.394. The first kappa shape index (κ1) is 15.0. The molecule has 4 heteroatoms. The molecule has 4 nitrogen and oxygen atoms in total. The predicted molar refractivity (Wildman–Crippen MR) is 69.8 cm³/mol. The van der Waals surface area contributed by atoms with Crippen LogP contribution in [0.5, 0.6) is 0 Å². The second-order valence-electron chi connectivity index (χ2n) is 3.47. The third kappa shape index (κ3) is 5.61. The highest BCUT2D eigenvalue weighted by Gasteiger charge is 2.14. The van der Waals surface area contributed by atoms with E-state index in [-0.39, 0.29) is 12.3 Å². The van der Waals surface area contributed by atoms with Crippen molar-refractivity contribution in [3.8, 4) is 0 Å². The van der Waals surface area contributed by atoms with Gasteiger partial charge in [0.1, 0.15) is 6.29 Å². The molecule has 0 saturated carbocycles. The fourth-order valence-electron chi connectivity index (χ4n) is 1.20. The molecule has 0 saturated heterocycles. The van der Waals surface area contributed by atoms with Gasteiger partial charge in [-0.2, -0.15) is 0 Å². The molecule has 0 radical (unpaired) electrons. The average Bonchev–Trinajstić information content (AvgIpc) is 2.35. The van der Waals surface area contributed by atoms with E-state index in [0.717, 1.165) is 6.29 Å². The summed E-state index contributed by atoms with van der Waals surface area (Å²) < 4.78 is 0. The van der Waals surface area contributed by atoms with Gasteiger partial charge in [-0.1, -0.05) is 19.7 Å². The number of aliphatic imine (C=N–C) groups is 1. The van der Waals surface area contributed by atoms with Crippen molar-refractivity contribution in [2.24, 2.45) is 10.9 Å². The first-order chi connectivity index (χ1) is 8.06. The Labute approximate surface area is 102 Å². The Balaban J connectivity index is 4.45. The van der Waals surface area contributed by atoms with Crippen LogP contribution in [0.1, 0.15) is 12.8 Å². The molecular weight excluding hydrogens is 216 g/mol. The Kier molecular flexibility index (Phi) is 7.26. The van der Waals surface area contributed by atoms with E-state index < -0.39 is 5.92 Å². The van der Waals surface area contributed by atoms with Crippen LogP contribution in [0.3, 0.4) is 0 Å². The van der Waals surface area contributed by atoms with Gasteiger partial charge in [-0.25, -0.2) is 0 Å². The van der Waals surface area contributed by atoms with E-state index in [2.05, 4.69) is 30.0 Å². The van der Waals surface area contributed by atoms with Crippen LogP contribution in [0, 0.1) is 5.92 Å². The zero-order valence-electron chi connectivity index (χ0n) is 10.1. The smallest absolute Gasteiger partial charge is 0.219 e. The molecular formula is C13H18N2O2. The topological polar surface area (TPSA) is 58.5 Å². The van der Waals surface area contributed by atoms with Crippen LogP contribution in [0.2, 0.25) is 0 Å². The van der Waals surface area contributed by atoms with Crippen molar-refractivity contribution in [3.05, 3.63) is 37.1 Å². The number of aldehydes is 1. The number of hydrogen-bond donors (Lipinski definition) is 1. The predicted octanol–water partition coefficient (Wildman–Crippen LogP) is 1.65. The van der Waals surface area contributed by atoms with Crippen molar-refractivity contribution in [3.63, 3.8) is 0 Å². The van der Waals surface area contributed by atoms with Crippen LogP contribution in [0.4, 0.5) is 0 Å². The molecule has 0 aliphatic carbocycles. The third-order valence-corrected chi connectivity index (χ3v) is 2.32. The Morgan fingerprint density at radius 1 is 1.47 bits per heavy atom. The van der Waals surface area contributed by atoms with Crippen molar-refractivity contribution in [1.82, 2.24) is 5.32 Å². The number of hydrogen-bond acceptors (Lipinski definition) is 3. The number of rotatable bonds is 8. The molecule has 0 aliphatic rings. The Bertz CT molecular complexity index is 356. The molecule has 0 aromatic rings. The van der Waals surface area contributed by atoms with E-state index in [1.54, 1.807) is 7.05 Å². The van der Waals surface area contributed by atoms with E-state index in [1.165, 1.54) is 12.4 Å². The van der Waals surface area contributed by atoms with Gasteiger partial charge in [-0.3, -0.25) is 9.79 Å². The lowest BCUT2D eigenvalue weighted by atomic mass is 9.92. The fraction of sp³-hybridized carbons (Fsp3) is 0.308. The second kappa shape index (κ2) is 8.21. The van der Waals surface area contributed by atoms with Gasteiger partial charge in [0.25, 0.3) is 0 Å². The van der Waals surface area contributed by atoms with Crippen LogP contribution in [0.25, 0.3) is 0 Å². The van der Waals surface area contributed by atoms with Gasteiger partial charge >= 0.3 is 0 Å². The fourth-order valence-corrected chi connectivity index (χ4v) is 1.20. The highest BCUT2D eigenvalue weighted by molar-refractivity contribution is 5.86. The molecule has 0 aromatic heterocycles. The summed E-state index contributed by atoms with van der Waals surface area (Å²) in [5, 5.41) is 2.50. The Morgan fingerprint density at radius 3 is 2.59 bits per heavy atom. The van der Waals surface area contributed by atoms with Gasteiger partial charge in [0.05, 0.1) is 0 Å². The Morgan fingerprint density at radius 2 is 2.12 bits per heavy atom. The van der Waals surface area contributed by atoms with Crippen LogP contribution < -0.4 is 5.32 Å². The number of carbonyl (C=O) groups is 2. The second-order valence-corrected chi connectivity index (χ2v) is 3.47. The molecule has 0 aromatic carbocycles. The summed E-state index contributed by atoms with van der Waals surface area (Å²) in [6.45, 7) is 11.0. The minimum absolute atomic E-state index is 0.102. The number of amides is 1. The number of nitrogens with one attached hydrogen (secondary N) is 1. The highest BCUT2D eigenvalue weighted by atomic mass is 16.1. The summed E-state index contributed by atoms with van der Waals surface area (Å²) >= 11 is 0. The lowest BCUT2D eigenvalue weighted by molar-refractivity contribution is -0.120. The minimum Gasteiger partial charge on any atom is -0.359 e. The molecule has 0 rings (SSSR count). The molecule has 0 heterocycles. The van der Waals surface area contributed by atoms with Gasteiger partial charge in [0, 0.05) is 31.8 Å². The standard InChI is InChI=1S/C13H18N2O2/c1-5-15-8-10(2)11(3)12(9-16)6-7-13(17)14-4/h5,8-9,12H,1-3,6-7H2,4H3,(H,14,17). The van der Waals surface area contributed by atoms with Gasteiger partial charge < -0.3 is 10.1 Å². The summed E-state index contributed by atoms with van der Waals surface area (Å²) in [4.78, 5) is 25.8. The summed E-state index contributed by atoms with van der Waals surface area (Å²) in [5.41, 5.74) is 1.15. The van der Waals surface area contributed by atoms with Gasteiger partial charge in [-0.15, -0.1) is 0 Å². The normalized spacial score (nSPS) is 11.8. The molecule has 0 aliphatic heterocycles. The molecule has 1 atom stereocenters. The molecule has 0 spiro atoms. The molecule has 1 unspecified atom stereocenters. The van der Waals surface area contributed by atoms with E-state index in [4.69, 9.17) is 0 Å². The summed E-state index contributed by atoms with van der Waals surface area (Å²) in [5.74, 6) is -0.508. The molecule has 0 bridgehead atoms. The lowest BCUT2D eigenvalue weighted by Crippen LogP contribution is -2.19. The minimum atomic E-state index is -0.406. The van der Waals surface area contributed by atoms with Crippen molar-refractivity contribution < 1.29 is 9.59 Å². The van der Waals surface area contributed by atoms with Crippen molar-refractivity contribution >= 4 is 18.4 Å². The number of allylic oxidation sites excluding steroid dienone is 2. The monoisotopic (exact) mass is 234 g/mol. The first-order valence-corrected chi connectivity index (χ1v) is 5.24. The van der Waals surface area contributed by atoms with E-state index in [9.17, 15) is 9.59 Å². The molecule has 17 heavy (non-hydrogen) atoms. The zero-order chi connectivity index (χ0) is 13.3. The van der Waals surface area contributed by atoms with Crippen molar-refractivity contribution in [2.45, 2.75) is 12.8 Å². The van der Waals surface area contributed by atoms with Crippen LogP contribution in [-0.4, -0.2) is 25.5 Å². The van der Waals surface area contributed by atoms with E-state index >= 15 is 0 Å². The lowest BCUT2D eigenvalue weighted by Gasteiger charge is -2.12. The van der Waals surface area contributed by atoms with Crippen molar-refractivity contribution in [1.29, 1.82) is 0 Å². The molecule has 1 N–H and O–H groups in total. The molecule has 92 valence electrons. The number of carbonyl (C=O) groups excluding carboxylic acids is 2. The third-order valence-electron chi connectivity index (χ3n) is 2.32. The van der Waals surface area contributed by atoms with E-state index in [1.807, 2.05) is 0 Å². The molecule has 1 amide bonds. The SMILES string of the molecule is C=CN=CC(=C)C(=C)C(C=O)CCC(=O)NC. The molecule has 0 fully saturated rings. The number of nitrogens with zero attached hydrogens (tertiary/aromatic N) is 1. The maximum absolute atomic E-state index is 11.1. The highest BCUT2D eigenvalue weighted by Crippen LogP contribution is 2.18. The van der Waals surface area contributed by atoms with Gasteiger partial charge in [-0.05, 0) is 17.6 Å². The largest absolute Gasteiger partial charge is 0.359 e. The van der Waals surface area contributed by atoms with Crippen LogP contribution in [-0.2, 0) is 9.59 Å². The average molecular weight is 234 g/mol. The zero-order valence-corrected chi connectivity index (χ0v) is 10.1. The maximum Gasteiger partial charge on any atom is 0.219 e. The van der Waals surface area contributed by atoms with Gasteiger partial charge in [0.2, 0.25) is 5.91 Å². The van der Waals surface area contributed by atoms with Gasteiger partial charge in [0.15, 0.2) is 0 Å². The van der Waals surface area contributed by atoms with Crippen molar-refractivity contribution in [2.75, 3.05) is 7.05 Å². The van der Waals surface area contributed by atoms with Crippen LogP contribution in [0.15, 0.2) is 42.1 Å². The maximum atomic E-state index is 11.1. The van der Waals surface area contributed by atoms with E-state index in [0.29, 0.717) is 17.6 Å². The Hall–Kier alpha value is -1.97. The summed E-state index contributed by atoms with van der Waals surface area (Å²) in [7, 11) is 1.56. The summed E-state index contributed by atoms with van der Waals surface area (Å²) in [6, 6.07) is 0. The summed E-state index contributed by atoms with van der Waals surface area (Å²) in [6.07, 6.45) is 4.34.